The Hall–Kier alpha value is -7.90. The molecule has 318 valence electrons. The van der Waals surface area contributed by atoms with Gasteiger partial charge in [-0.25, -0.2) is 0 Å². The SMILES string of the molecule is Cc1cc2c3c(c1)N(c1ccc(C(C)(C)C)cc1-c1ccccc1)c1c(ccc4c1OCCO4)B3c1ccc(-c3cc4ccccc4o3)cc1N2c1cccc(-c2cc3ccccc3o2)c1. The van der Waals surface area contributed by atoms with Crippen LogP contribution < -0.4 is 35.7 Å². The topological polar surface area (TPSA) is 51.2 Å². The minimum Gasteiger partial charge on any atom is -0.486 e. The van der Waals surface area contributed by atoms with Crippen molar-refractivity contribution in [3.63, 3.8) is 0 Å². The van der Waals surface area contributed by atoms with E-state index in [1.54, 1.807) is 0 Å². The Balaban J connectivity index is 1.10. The molecule has 13 rings (SSSR count). The molecule has 0 radical (unpaired) electrons. The predicted octanol–water partition coefficient (Wildman–Crippen LogP) is 13.6. The number of aryl methyl sites for hydroxylation is 1. The highest BCUT2D eigenvalue weighted by Gasteiger charge is 2.46. The second kappa shape index (κ2) is 14.6. The zero-order valence-corrected chi connectivity index (χ0v) is 37.3. The smallest absolute Gasteiger partial charge is 0.252 e. The first-order valence-electron chi connectivity index (χ1n) is 22.8. The molecule has 8 aromatic carbocycles. The molecule has 5 heterocycles. The lowest BCUT2D eigenvalue weighted by atomic mass is 9.33. The average molecular weight is 857 g/mol. The van der Waals surface area contributed by atoms with Gasteiger partial charge in [0.15, 0.2) is 11.5 Å². The third kappa shape index (κ3) is 6.03. The third-order valence-corrected chi connectivity index (χ3v) is 13.6. The maximum absolute atomic E-state index is 6.75. The largest absolute Gasteiger partial charge is 0.486 e. The second-order valence-corrected chi connectivity index (χ2v) is 18.8. The molecule has 2 aromatic heterocycles. The molecule has 66 heavy (non-hydrogen) atoms. The summed E-state index contributed by atoms with van der Waals surface area (Å²) in [4.78, 5) is 4.93. The lowest BCUT2D eigenvalue weighted by Gasteiger charge is -2.45. The van der Waals surface area contributed by atoms with Crippen LogP contribution in [0.5, 0.6) is 11.5 Å². The van der Waals surface area contributed by atoms with Crippen molar-refractivity contribution in [2.24, 2.45) is 0 Å². The van der Waals surface area contributed by atoms with Crippen molar-refractivity contribution < 1.29 is 18.3 Å². The first kappa shape index (κ1) is 38.6. The maximum atomic E-state index is 6.75. The zero-order chi connectivity index (χ0) is 44.3. The Morgan fingerprint density at radius 3 is 1.88 bits per heavy atom. The molecule has 0 saturated heterocycles. The van der Waals surface area contributed by atoms with E-state index in [9.17, 15) is 0 Å². The van der Waals surface area contributed by atoms with Crippen molar-refractivity contribution in [3.8, 4) is 45.3 Å². The van der Waals surface area contributed by atoms with Crippen molar-refractivity contribution in [1.82, 2.24) is 0 Å². The van der Waals surface area contributed by atoms with Gasteiger partial charge in [-0.3, -0.25) is 0 Å². The molecule has 3 aliphatic rings. The average Bonchev–Trinajstić information content (AvgIpc) is 3.99. The number of rotatable bonds is 5. The summed E-state index contributed by atoms with van der Waals surface area (Å²) in [5, 5.41) is 2.15. The lowest BCUT2D eigenvalue weighted by Crippen LogP contribution is -2.61. The van der Waals surface area contributed by atoms with Gasteiger partial charge in [0.05, 0.1) is 11.4 Å². The van der Waals surface area contributed by atoms with E-state index in [0.29, 0.717) is 13.2 Å². The van der Waals surface area contributed by atoms with Gasteiger partial charge in [0, 0.05) is 50.2 Å². The zero-order valence-electron chi connectivity index (χ0n) is 37.3. The number of ether oxygens (including phenoxy) is 2. The summed E-state index contributed by atoms with van der Waals surface area (Å²) in [6.45, 7) is 9.89. The number of anilines is 6. The number of benzene rings is 8. The van der Waals surface area contributed by atoms with Gasteiger partial charge in [0.2, 0.25) is 0 Å². The highest BCUT2D eigenvalue weighted by molar-refractivity contribution is 7.00. The molecule has 6 nitrogen and oxygen atoms in total. The number of furan rings is 2. The molecule has 0 aliphatic carbocycles. The normalized spacial score (nSPS) is 13.8. The summed E-state index contributed by atoms with van der Waals surface area (Å²) < 4.78 is 26.2. The van der Waals surface area contributed by atoms with E-state index in [1.165, 1.54) is 16.5 Å². The van der Waals surface area contributed by atoms with Crippen molar-refractivity contribution >= 4 is 79.2 Å². The monoisotopic (exact) mass is 856 g/mol. The van der Waals surface area contributed by atoms with E-state index in [4.69, 9.17) is 18.3 Å². The van der Waals surface area contributed by atoms with Gasteiger partial charge < -0.3 is 28.1 Å². The van der Waals surface area contributed by atoms with Crippen LogP contribution in [0, 0.1) is 6.92 Å². The summed E-state index contributed by atoms with van der Waals surface area (Å²) in [5.41, 5.74) is 18.4. The van der Waals surface area contributed by atoms with E-state index in [1.807, 2.05) is 24.3 Å². The van der Waals surface area contributed by atoms with E-state index in [0.717, 1.165) is 112 Å². The summed E-state index contributed by atoms with van der Waals surface area (Å²) in [5.74, 6) is 3.18. The Labute approximate surface area is 384 Å². The Kier molecular flexibility index (Phi) is 8.51. The number of para-hydroxylation sites is 2. The van der Waals surface area contributed by atoms with Crippen LogP contribution in [0.25, 0.3) is 55.7 Å². The van der Waals surface area contributed by atoms with Crippen molar-refractivity contribution in [2.45, 2.75) is 33.1 Å². The molecule has 0 unspecified atom stereocenters. The molecule has 0 fully saturated rings. The summed E-state index contributed by atoms with van der Waals surface area (Å²) >= 11 is 0. The van der Waals surface area contributed by atoms with Gasteiger partial charge in [0.25, 0.3) is 6.71 Å². The second-order valence-electron chi connectivity index (χ2n) is 18.8. The fourth-order valence-electron chi connectivity index (χ4n) is 10.5. The molecule has 0 atom stereocenters. The van der Waals surface area contributed by atoms with Crippen LogP contribution in [-0.2, 0) is 5.41 Å². The Morgan fingerprint density at radius 1 is 0.500 bits per heavy atom. The molecule has 3 aliphatic heterocycles. The van der Waals surface area contributed by atoms with Crippen molar-refractivity contribution in [1.29, 1.82) is 0 Å². The summed E-state index contributed by atoms with van der Waals surface area (Å²) in [6, 6.07) is 63.2. The van der Waals surface area contributed by atoms with Crippen LogP contribution in [0.4, 0.5) is 34.1 Å². The molecular weight excluding hydrogens is 811 g/mol. The Morgan fingerprint density at radius 2 is 1.15 bits per heavy atom. The standard InChI is InChI=1S/C59H45BN2O4/c1-36-29-49-56-50(30-36)62(47-25-22-42(59(2,3)4)35-44(47)37-13-6-5-7-14-37)57-46(24-26-53-58(57)64-28-27-63-53)60(56)45-23-21-41(55-34-40-16-9-11-20-52(40)66-55)32-48(45)61(49)43-18-12-17-38(31-43)54-33-39-15-8-10-19-51(39)65-54/h5-26,29-35H,27-28H2,1-4H3. The number of hydrogen-bond donors (Lipinski definition) is 0. The molecule has 0 saturated carbocycles. The predicted molar refractivity (Wildman–Crippen MR) is 271 cm³/mol. The van der Waals surface area contributed by atoms with Crippen LogP contribution in [0.3, 0.4) is 0 Å². The highest BCUT2D eigenvalue weighted by Crippen LogP contribution is 2.52. The van der Waals surface area contributed by atoms with E-state index in [2.05, 4.69) is 189 Å². The highest BCUT2D eigenvalue weighted by atomic mass is 16.6. The number of hydrogen-bond acceptors (Lipinski definition) is 6. The van der Waals surface area contributed by atoms with Gasteiger partial charge in [-0.1, -0.05) is 124 Å². The third-order valence-electron chi connectivity index (χ3n) is 13.6. The van der Waals surface area contributed by atoms with Crippen LogP contribution in [-0.4, -0.2) is 19.9 Å². The van der Waals surface area contributed by atoms with Crippen molar-refractivity contribution in [3.05, 3.63) is 187 Å². The molecule has 0 spiro atoms. The van der Waals surface area contributed by atoms with Gasteiger partial charge in [0.1, 0.15) is 35.9 Å². The van der Waals surface area contributed by atoms with Gasteiger partial charge in [-0.15, -0.1) is 0 Å². The molecule has 0 amide bonds. The Bertz CT molecular complexity index is 3520. The molecule has 0 bridgehead atoms. The number of nitrogens with zero attached hydrogens (tertiary/aromatic N) is 2. The first-order valence-corrected chi connectivity index (χ1v) is 22.8. The minimum absolute atomic E-state index is 0.0616. The van der Waals surface area contributed by atoms with E-state index >= 15 is 0 Å². The maximum Gasteiger partial charge on any atom is 0.252 e. The van der Waals surface area contributed by atoms with Crippen molar-refractivity contribution in [2.75, 3.05) is 23.0 Å². The molecule has 0 N–H and O–H groups in total. The van der Waals surface area contributed by atoms with Crippen LogP contribution in [0.2, 0.25) is 0 Å². The summed E-state index contributed by atoms with van der Waals surface area (Å²) in [6.07, 6.45) is 0. The van der Waals surface area contributed by atoms with E-state index < -0.39 is 0 Å². The van der Waals surface area contributed by atoms with E-state index in [-0.39, 0.29) is 12.1 Å². The molecular formula is C59H45BN2O4. The quantitative estimate of drug-likeness (QED) is 0.161. The van der Waals surface area contributed by atoms with Crippen LogP contribution >= 0.6 is 0 Å². The number of fused-ring (bicyclic) bond motifs is 8. The first-order chi connectivity index (χ1) is 32.2. The minimum atomic E-state index is -0.138. The van der Waals surface area contributed by atoms with Crippen LogP contribution in [0.15, 0.2) is 185 Å². The van der Waals surface area contributed by atoms with Gasteiger partial charge in [-0.05, 0) is 118 Å². The fraction of sp³-hybridized carbons (Fsp3) is 0.119. The lowest BCUT2D eigenvalue weighted by molar-refractivity contribution is 0.172. The molecule has 7 heteroatoms. The molecule has 10 aromatic rings. The fourth-order valence-corrected chi connectivity index (χ4v) is 10.5. The summed E-state index contributed by atoms with van der Waals surface area (Å²) in [7, 11) is 0. The van der Waals surface area contributed by atoms with Gasteiger partial charge >= 0.3 is 0 Å². The van der Waals surface area contributed by atoms with Crippen LogP contribution in [0.1, 0.15) is 31.9 Å². The van der Waals surface area contributed by atoms with Gasteiger partial charge in [-0.2, -0.15) is 0 Å².